The molecule has 2 unspecified atom stereocenters. The van der Waals surface area contributed by atoms with Crippen molar-refractivity contribution in [1.29, 1.82) is 0 Å². The Balaban J connectivity index is 1.83. The van der Waals surface area contributed by atoms with Crippen LogP contribution in [0.3, 0.4) is 0 Å². The van der Waals surface area contributed by atoms with Gasteiger partial charge in [-0.2, -0.15) is 0 Å². The van der Waals surface area contributed by atoms with Gasteiger partial charge in [-0.05, 0) is 24.3 Å². The van der Waals surface area contributed by atoms with E-state index < -0.39 is 0 Å². The summed E-state index contributed by atoms with van der Waals surface area (Å²) in [6.07, 6.45) is 1.16. The largest absolute Gasteiger partial charge is 0.399 e. The SMILES string of the molecule is Nc1ccnc(C2CNC(c3c(Cl)cccc3Cl)O2)c1. The van der Waals surface area contributed by atoms with Crippen LogP contribution in [0.5, 0.6) is 0 Å². The minimum atomic E-state index is -0.343. The Kier molecular flexibility index (Phi) is 3.81. The van der Waals surface area contributed by atoms with Gasteiger partial charge in [0.2, 0.25) is 0 Å². The van der Waals surface area contributed by atoms with Crippen LogP contribution < -0.4 is 11.1 Å². The van der Waals surface area contributed by atoms with Crippen molar-refractivity contribution in [3.05, 3.63) is 57.8 Å². The Morgan fingerprint density at radius 2 is 2.00 bits per heavy atom. The van der Waals surface area contributed by atoms with Gasteiger partial charge in [-0.3, -0.25) is 10.3 Å². The van der Waals surface area contributed by atoms with Crippen LogP contribution in [0.1, 0.15) is 23.6 Å². The van der Waals surface area contributed by atoms with Crippen LogP contribution in [0.2, 0.25) is 10.0 Å². The molecule has 0 aliphatic carbocycles. The van der Waals surface area contributed by atoms with E-state index in [0.717, 1.165) is 11.3 Å². The minimum absolute atomic E-state index is 0.171. The molecule has 1 saturated heterocycles. The van der Waals surface area contributed by atoms with E-state index in [2.05, 4.69) is 10.3 Å². The summed E-state index contributed by atoms with van der Waals surface area (Å²) in [6, 6.07) is 8.94. The van der Waals surface area contributed by atoms with E-state index in [9.17, 15) is 0 Å². The van der Waals surface area contributed by atoms with E-state index in [0.29, 0.717) is 22.3 Å². The number of hydrogen-bond donors (Lipinski definition) is 2. The summed E-state index contributed by atoms with van der Waals surface area (Å²) < 4.78 is 5.95. The van der Waals surface area contributed by atoms with Gasteiger partial charge in [-0.25, -0.2) is 0 Å². The number of pyridine rings is 1. The van der Waals surface area contributed by atoms with E-state index in [1.54, 1.807) is 30.5 Å². The molecule has 0 bridgehead atoms. The number of halogens is 2. The van der Waals surface area contributed by atoms with E-state index >= 15 is 0 Å². The van der Waals surface area contributed by atoms with Gasteiger partial charge < -0.3 is 10.5 Å². The summed E-state index contributed by atoms with van der Waals surface area (Å²) in [5.41, 5.74) is 7.97. The fourth-order valence-corrected chi connectivity index (χ4v) is 2.82. The van der Waals surface area contributed by atoms with Crippen LogP contribution in [-0.2, 0) is 4.74 Å². The molecule has 3 rings (SSSR count). The molecule has 2 heterocycles. The lowest BCUT2D eigenvalue weighted by molar-refractivity contribution is 0.0385. The van der Waals surface area contributed by atoms with Crippen molar-refractivity contribution < 1.29 is 4.74 Å². The highest BCUT2D eigenvalue weighted by molar-refractivity contribution is 6.36. The molecular weight excluding hydrogens is 297 g/mol. The Hall–Kier alpha value is -1.33. The summed E-state index contributed by atoms with van der Waals surface area (Å²) in [7, 11) is 0. The van der Waals surface area contributed by atoms with E-state index in [4.69, 9.17) is 33.7 Å². The minimum Gasteiger partial charge on any atom is -0.399 e. The Bertz CT molecular complexity index is 615. The average Bonchev–Trinajstić information content (AvgIpc) is 2.88. The number of nitrogen functional groups attached to an aromatic ring is 1. The molecule has 0 radical (unpaired) electrons. The third-order valence-electron chi connectivity index (χ3n) is 3.19. The molecule has 1 fully saturated rings. The molecule has 1 aliphatic heterocycles. The summed E-state index contributed by atoms with van der Waals surface area (Å²) in [5.74, 6) is 0. The zero-order chi connectivity index (χ0) is 14.1. The van der Waals surface area contributed by atoms with Crippen molar-refractivity contribution >= 4 is 28.9 Å². The maximum absolute atomic E-state index is 6.19. The van der Waals surface area contributed by atoms with Crippen LogP contribution in [0.25, 0.3) is 0 Å². The summed E-state index contributed by atoms with van der Waals surface area (Å²) in [6.45, 7) is 0.628. The molecule has 20 heavy (non-hydrogen) atoms. The highest BCUT2D eigenvalue weighted by Gasteiger charge is 2.30. The maximum atomic E-state index is 6.19. The standard InChI is InChI=1S/C14H13Cl2N3O/c15-9-2-1-3-10(16)13(9)14-19-7-12(20-14)11-6-8(17)4-5-18-11/h1-6,12,14,19H,7H2,(H2,17,18). The molecule has 0 spiro atoms. The predicted molar refractivity (Wildman–Crippen MR) is 79.7 cm³/mol. The van der Waals surface area contributed by atoms with E-state index in [1.807, 2.05) is 6.07 Å². The Labute approximate surface area is 126 Å². The van der Waals surface area contributed by atoms with Gasteiger partial charge in [-0.1, -0.05) is 29.3 Å². The lowest BCUT2D eigenvalue weighted by atomic mass is 10.2. The second-order valence-corrected chi connectivity index (χ2v) is 5.38. The molecule has 1 aromatic heterocycles. The van der Waals surface area contributed by atoms with Gasteiger partial charge in [0, 0.05) is 34.0 Å². The Morgan fingerprint density at radius 1 is 1.25 bits per heavy atom. The van der Waals surface area contributed by atoms with Gasteiger partial charge >= 0.3 is 0 Å². The number of rotatable bonds is 2. The van der Waals surface area contributed by atoms with E-state index in [1.165, 1.54) is 0 Å². The van der Waals surface area contributed by atoms with Crippen molar-refractivity contribution in [3.63, 3.8) is 0 Å². The number of anilines is 1. The third-order valence-corrected chi connectivity index (χ3v) is 3.85. The Morgan fingerprint density at radius 3 is 2.70 bits per heavy atom. The van der Waals surface area contributed by atoms with Crippen molar-refractivity contribution in [3.8, 4) is 0 Å². The fraction of sp³-hybridized carbons (Fsp3) is 0.214. The molecular formula is C14H13Cl2N3O. The molecule has 3 N–H and O–H groups in total. The zero-order valence-electron chi connectivity index (χ0n) is 10.5. The molecule has 1 aromatic carbocycles. The van der Waals surface area contributed by atoms with E-state index in [-0.39, 0.29) is 12.3 Å². The number of nitrogens with two attached hydrogens (primary N) is 1. The molecule has 0 amide bonds. The lowest BCUT2D eigenvalue weighted by Gasteiger charge is -2.15. The van der Waals surface area contributed by atoms with Gasteiger partial charge in [0.05, 0.1) is 5.69 Å². The van der Waals surface area contributed by atoms with Gasteiger partial charge in [-0.15, -0.1) is 0 Å². The third kappa shape index (κ3) is 2.60. The number of benzene rings is 1. The first kappa shape index (κ1) is 13.6. The smallest absolute Gasteiger partial charge is 0.138 e. The number of nitrogens with one attached hydrogen (secondary N) is 1. The molecule has 2 atom stereocenters. The second kappa shape index (κ2) is 5.58. The second-order valence-electron chi connectivity index (χ2n) is 4.56. The summed E-state index contributed by atoms with van der Waals surface area (Å²) in [5, 5.41) is 4.41. The molecule has 1 aliphatic rings. The average molecular weight is 310 g/mol. The highest BCUT2D eigenvalue weighted by atomic mass is 35.5. The zero-order valence-corrected chi connectivity index (χ0v) is 12.0. The van der Waals surface area contributed by atoms with Crippen molar-refractivity contribution in [2.24, 2.45) is 0 Å². The molecule has 0 saturated carbocycles. The first-order valence-corrected chi connectivity index (χ1v) is 6.95. The predicted octanol–water partition coefficient (Wildman–Crippen LogP) is 3.33. The topological polar surface area (TPSA) is 60.2 Å². The fourth-order valence-electron chi connectivity index (χ4n) is 2.22. The maximum Gasteiger partial charge on any atom is 0.138 e. The normalized spacial score (nSPS) is 22.1. The first-order chi connectivity index (χ1) is 9.65. The van der Waals surface area contributed by atoms with Crippen molar-refractivity contribution in [2.45, 2.75) is 12.3 Å². The number of nitrogens with zero attached hydrogens (tertiary/aromatic N) is 1. The molecule has 6 heteroatoms. The first-order valence-electron chi connectivity index (χ1n) is 6.19. The van der Waals surface area contributed by atoms with Crippen LogP contribution >= 0.6 is 23.2 Å². The van der Waals surface area contributed by atoms with Crippen LogP contribution in [0.4, 0.5) is 5.69 Å². The van der Waals surface area contributed by atoms with Gasteiger partial charge in [0.25, 0.3) is 0 Å². The van der Waals surface area contributed by atoms with Crippen molar-refractivity contribution in [1.82, 2.24) is 10.3 Å². The van der Waals surface area contributed by atoms with Crippen molar-refractivity contribution in [2.75, 3.05) is 12.3 Å². The van der Waals surface area contributed by atoms with Crippen LogP contribution in [0.15, 0.2) is 36.5 Å². The van der Waals surface area contributed by atoms with Gasteiger partial charge in [0.1, 0.15) is 12.3 Å². The van der Waals surface area contributed by atoms with Gasteiger partial charge in [0.15, 0.2) is 0 Å². The highest BCUT2D eigenvalue weighted by Crippen LogP contribution is 2.37. The molecule has 4 nitrogen and oxygen atoms in total. The number of hydrogen-bond acceptors (Lipinski definition) is 4. The van der Waals surface area contributed by atoms with Crippen LogP contribution in [0, 0.1) is 0 Å². The quantitative estimate of drug-likeness (QED) is 0.893. The lowest BCUT2D eigenvalue weighted by Crippen LogP contribution is -2.15. The van der Waals surface area contributed by atoms with Crippen LogP contribution in [-0.4, -0.2) is 11.5 Å². The summed E-state index contributed by atoms with van der Waals surface area (Å²) >= 11 is 12.4. The number of ether oxygens (including phenoxy) is 1. The summed E-state index contributed by atoms with van der Waals surface area (Å²) in [4.78, 5) is 4.28. The monoisotopic (exact) mass is 309 g/mol. The molecule has 2 aromatic rings. The number of aromatic nitrogens is 1. The molecule has 104 valence electrons.